The second-order valence-electron chi connectivity index (χ2n) is 4.14. The number of anilines is 1. The van der Waals surface area contributed by atoms with Gasteiger partial charge in [-0.05, 0) is 26.0 Å². The third kappa shape index (κ3) is 3.47. The van der Waals surface area contributed by atoms with Gasteiger partial charge in [0.05, 0.1) is 14.2 Å². The van der Waals surface area contributed by atoms with Crippen molar-refractivity contribution in [2.75, 3.05) is 19.1 Å². The molecule has 0 spiro atoms. The van der Waals surface area contributed by atoms with Gasteiger partial charge in [0.2, 0.25) is 0 Å². The molecule has 0 aliphatic rings. The van der Waals surface area contributed by atoms with E-state index in [1.54, 1.807) is 18.7 Å². The van der Waals surface area contributed by atoms with E-state index in [1.807, 2.05) is 30.3 Å². The summed E-state index contributed by atoms with van der Waals surface area (Å²) in [5.74, 6) is -0.806. The smallest absolute Gasteiger partial charge is 0.328 e. The van der Waals surface area contributed by atoms with Crippen LogP contribution in [0.15, 0.2) is 30.3 Å². The first-order chi connectivity index (χ1) is 9.02. The van der Waals surface area contributed by atoms with Crippen LogP contribution in [0.25, 0.3) is 0 Å². The number of hydrogen-bond donors (Lipinski definition) is 0. The van der Waals surface area contributed by atoms with E-state index in [2.05, 4.69) is 0 Å². The van der Waals surface area contributed by atoms with Crippen molar-refractivity contribution in [1.29, 1.82) is 0 Å². The summed E-state index contributed by atoms with van der Waals surface area (Å²) in [7, 11) is 2.65. The molecule has 104 valence electrons. The number of carbonyl (C=O) groups is 2. The van der Waals surface area contributed by atoms with E-state index < -0.39 is 24.0 Å². The van der Waals surface area contributed by atoms with Gasteiger partial charge in [-0.2, -0.15) is 0 Å². The molecule has 0 heterocycles. The highest BCUT2D eigenvalue weighted by Crippen LogP contribution is 2.21. The molecule has 0 N–H and O–H groups in total. The van der Waals surface area contributed by atoms with Crippen LogP contribution >= 0.6 is 0 Å². The third-order valence-electron chi connectivity index (χ3n) is 2.97. The number of benzene rings is 1. The van der Waals surface area contributed by atoms with Crippen LogP contribution in [0.4, 0.5) is 5.69 Å². The number of rotatable bonds is 5. The first kappa shape index (κ1) is 15.0. The Balaban J connectivity index is 3.11. The minimum Gasteiger partial charge on any atom is -0.467 e. The molecule has 1 aromatic rings. The Hall–Kier alpha value is -2.04. The van der Waals surface area contributed by atoms with Gasteiger partial charge in [0.1, 0.15) is 12.1 Å². The maximum absolute atomic E-state index is 11.7. The number of methoxy groups -OCH3 is 2. The molecule has 2 unspecified atom stereocenters. The zero-order valence-electron chi connectivity index (χ0n) is 11.6. The lowest BCUT2D eigenvalue weighted by molar-refractivity contribution is -0.144. The number of hydrogen-bond acceptors (Lipinski definition) is 5. The van der Waals surface area contributed by atoms with Gasteiger partial charge in [0.25, 0.3) is 0 Å². The Bertz CT molecular complexity index is 410. The van der Waals surface area contributed by atoms with Crippen LogP contribution in [-0.2, 0) is 19.1 Å². The molecule has 19 heavy (non-hydrogen) atoms. The monoisotopic (exact) mass is 265 g/mol. The van der Waals surface area contributed by atoms with E-state index in [-0.39, 0.29) is 0 Å². The van der Waals surface area contributed by atoms with E-state index in [9.17, 15) is 9.59 Å². The van der Waals surface area contributed by atoms with Crippen molar-refractivity contribution in [1.82, 2.24) is 0 Å². The van der Waals surface area contributed by atoms with Crippen molar-refractivity contribution in [3.05, 3.63) is 30.3 Å². The molecule has 0 saturated carbocycles. The average Bonchev–Trinajstić information content (AvgIpc) is 2.46. The molecule has 0 aromatic heterocycles. The molecule has 0 saturated heterocycles. The fraction of sp³-hybridized carbons (Fsp3) is 0.429. The van der Waals surface area contributed by atoms with Crippen LogP contribution in [-0.4, -0.2) is 38.2 Å². The summed E-state index contributed by atoms with van der Waals surface area (Å²) < 4.78 is 9.49. The maximum Gasteiger partial charge on any atom is 0.328 e. The molecule has 0 radical (unpaired) electrons. The maximum atomic E-state index is 11.7. The van der Waals surface area contributed by atoms with Crippen molar-refractivity contribution in [2.45, 2.75) is 25.9 Å². The van der Waals surface area contributed by atoms with Crippen molar-refractivity contribution < 1.29 is 19.1 Å². The summed E-state index contributed by atoms with van der Waals surface area (Å²) in [6.45, 7) is 3.39. The van der Waals surface area contributed by atoms with E-state index >= 15 is 0 Å². The molecule has 1 rings (SSSR count). The SMILES string of the molecule is COC(=O)C(C)N(c1ccccc1)C(C)C(=O)OC. The number of ether oxygens (including phenoxy) is 2. The lowest BCUT2D eigenvalue weighted by atomic mass is 10.1. The highest BCUT2D eigenvalue weighted by molar-refractivity contribution is 5.85. The second kappa shape index (κ2) is 6.78. The van der Waals surface area contributed by atoms with Crippen LogP contribution in [0.3, 0.4) is 0 Å². The quantitative estimate of drug-likeness (QED) is 0.757. The highest BCUT2D eigenvalue weighted by atomic mass is 16.5. The number of carbonyl (C=O) groups excluding carboxylic acids is 2. The largest absolute Gasteiger partial charge is 0.467 e. The van der Waals surface area contributed by atoms with E-state index in [1.165, 1.54) is 14.2 Å². The van der Waals surface area contributed by atoms with Gasteiger partial charge in [0.15, 0.2) is 0 Å². The number of esters is 2. The molecular formula is C14H19NO4. The molecule has 1 aromatic carbocycles. The van der Waals surface area contributed by atoms with Crippen molar-refractivity contribution in [3.63, 3.8) is 0 Å². The van der Waals surface area contributed by atoms with Gasteiger partial charge in [-0.1, -0.05) is 18.2 Å². The van der Waals surface area contributed by atoms with Crippen LogP contribution < -0.4 is 4.90 Å². The van der Waals surface area contributed by atoms with Crippen LogP contribution in [0, 0.1) is 0 Å². The van der Waals surface area contributed by atoms with Gasteiger partial charge >= 0.3 is 11.9 Å². The highest BCUT2D eigenvalue weighted by Gasteiger charge is 2.31. The minimum atomic E-state index is -0.582. The Morgan fingerprint density at radius 1 is 0.947 bits per heavy atom. The fourth-order valence-corrected chi connectivity index (χ4v) is 1.95. The van der Waals surface area contributed by atoms with E-state index in [4.69, 9.17) is 9.47 Å². The number of nitrogens with zero attached hydrogens (tertiary/aromatic N) is 1. The summed E-state index contributed by atoms with van der Waals surface area (Å²) >= 11 is 0. The molecule has 0 aliphatic heterocycles. The lowest BCUT2D eigenvalue weighted by Crippen LogP contribution is -2.49. The van der Waals surface area contributed by atoms with Crippen molar-refractivity contribution >= 4 is 17.6 Å². The first-order valence-corrected chi connectivity index (χ1v) is 6.02. The Morgan fingerprint density at radius 2 is 1.37 bits per heavy atom. The molecule has 5 heteroatoms. The summed E-state index contributed by atoms with van der Waals surface area (Å²) in [6.07, 6.45) is 0. The predicted molar refractivity (Wildman–Crippen MR) is 71.9 cm³/mol. The average molecular weight is 265 g/mol. The Kier molecular flexibility index (Phi) is 5.36. The fourth-order valence-electron chi connectivity index (χ4n) is 1.95. The summed E-state index contributed by atoms with van der Waals surface area (Å²) in [5, 5.41) is 0. The summed E-state index contributed by atoms with van der Waals surface area (Å²) in [5.41, 5.74) is 0.762. The molecule has 0 fully saturated rings. The van der Waals surface area contributed by atoms with E-state index in [0.717, 1.165) is 5.69 Å². The minimum absolute atomic E-state index is 0.403. The Labute approximate surface area is 113 Å². The zero-order chi connectivity index (χ0) is 14.4. The van der Waals surface area contributed by atoms with Crippen molar-refractivity contribution in [3.8, 4) is 0 Å². The molecule has 0 aliphatic carbocycles. The van der Waals surface area contributed by atoms with Crippen LogP contribution in [0.5, 0.6) is 0 Å². The van der Waals surface area contributed by atoms with Crippen LogP contribution in [0.2, 0.25) is 0 Å². The molecule has 0 bridgehead atoms. The predicted octanol–water partition coefficient (Wildman–Crippen LogP) is 1.62. The van der Waals surface area contributed by atoms with Gasteiger partial charge in [-0.25, -0.2) is 9.59 Å². The molecule has 2 atom stereocenters. The zero-order valence-corrected chi connectivity index (χ0v) is 11.6. The molecule has 0 amide bonds. The summed E-state index contributed by atoms with van der Waals surface area (Å²) in [4.78, 5) is 25.1. The topological polar surface area (TPSA) is 55.8 Å². The standard InChI is InChI=1S/C14H19NO4/c1-10(13(16)18-3)15(11(2)14(17)19-4)12-8-6-5-7-9-12/h5-11H,1-4H3. The van der Waals surface area contributed by atoms with E-state index in [0.29, 0.717) is 0 Å². The lowest BCUT2D eigenvalue weighted by Gasteiger charge is -2.33. The van der Waals surface area contributed by atoms with Gasteiger partial charge in [0, 0.05) is 5.69 Å². The summed E-state index contributed by atoms with van der Waals surface area (Å²) in [6, 6.07) is 8.06. The Morgan fingerprint density at radius 3 is 1.74 bits per heavy atom. The van der Waals surface area contributed by atoms with Gasteiger partial charge < -0.3 is 14.4 Å². The number of para-hydroxylation sites is 1. The van der Waals surface area contributed by atoms with Gasteiger partial charge in [-0.3, -0.25) is 0 Å². The molecule has 5 nitrogen and oxygen atoms in total. The third-order valence-corrected chi connectivity index (χ3v) is 2.97. The second-order valence-corrected chi connectivity index (χ2v) is 4.14. The normalized spacial score (nSPS) is 13.3. The first-order valence-electron chi connectivity index (χ1n) is 6.02. The molecular weight excluding hydrogens is 246 g/mol. The van der Waals surface area contributed by atoms with Gasteiger partial charge in [-0.15, -0.1) is 0 Å². The van der Waals surface area contributed by atoms with Crippen LogP contribution in [0.1, 0.15) is 13.8 Å². The van der Waals surface area contributed by atoms with Crippen molar-refractivity contribution in [2.24, 2.45) is 0 Å².